The van der Waals surface area contributed by atoms with E-state index < -0.39 is 72.1 Å². The number of pyridine rings is 2. The van der Waals surface area contributed by atoms with E-state index >= 15 is 0 Å². The van der Waals surface area contributed by atoms with E-state index in [9.17, 15) is 59.4 Å². The Morgan fingerprint density at radius 2 is 0.692 bits per heavy atom. The predicted octanol–water partition coefficient (Wildman–Crippen LogP) is -9.06. The molecule has 24 heteroatoms. The molecule has 0 amide bonds. The van der Waals surface area contributed by atoms with E-state index in [1.807, 2.05) is 0 Å². The van der Waals surface area contributed by atoms with Crippen LogP contribution in [0.1, 0.15) is 50.5 Å². The van der Waals surface area contributed by atoms with E-state index in [0.717, 1.165) is 0 Å². The van der Waals surface area contributed by atoms with Gasteiger partial charge in [-0.25, -0.2) is 0 Å². The molecule has 0 aliphatic carbocycles. The molecule has 6 unspecified atom stereocenters. The van der Waals surface area contributed by atoms with E-state index in [-0.39, 0.29) is 178 Å². The molecule has 358 valence electrons. The number of aliphatic carboxylic acids is 6. The summed E-state index contributed by atoms with van der Waals surface area (Å²) in [6.07, 6.45) is 0. The fourth-order valence-electron chi connectivity index (χ4n) is 7.60. The van der Waals surface area contributed by atoms with Gasteiger partial charge in [0, 0.05) is 122 Å². The molecule has 0 saturated heterocycles. The van der Waals surface area contributed by atoms with Crippen LogP contribution in [0.15, 0.2) is 36.4 Å². The maximum Gasteiger partial charge on any atom is 3.00 e. The third-order valence-corrected chi connectivity index (χ3v) is 11.8. The van der Waals surface area contributed by atoms with Gasteiger partial charge >= 0.3 is 79.9 Å². The van der Waals surface area contributed by atoms with Crippen molar-refractivity contribution in [2.24, 2.45) is 0 Å². The Balaban J connectivity index is 0.00000726. The van der Waals surface area contributed by atoms with Gasteiger partial charge in [0.1, 0.15) is 0 Å². The van der Waals surface area contributed by atoms with E-state index in [1.165, 1.54) is 27.7 Å². The predicted molar refractivity (Wildman–Crippen MR) is 210 cm³/mol. The van der Waals surface area contributed by atoms with Crippen LogP contribution < -0.4 is 41.3 Å². The first-order chi connectivity index (χ1) is 29.9. The molecular formula is C41H56Gd2N10O12. The Kier molecular flexibility index (Phi) is 25.9. The van der Waals surface area contributed by atoms with Crippen molar-refractivity contribution in [3.05, 3.63) is 59.2 Å². The molecule has 4 rings (SSSR count). The first kappa shape index (κ1) is 58.6. The van der Waals surface area contributed by atoms with Gasteiger partial charge in [-0.15, -0.1) is 0 Å². The zero-order chi connectivity index (χ0) is 46.4. The summed E-state index contributed by atoms with van der Waals surface area (Å²) in [5, 5.41) is 79.0. The van der Waals surface area contributed by atoms with E-state index in [1.54, 1.807) is 65.8 Å². The van der Waals surface area contributed by atoms with Crippen molar-refractivity contribution in [2.75, 3.05) is 72.1 Å². The van der Waals surface area contributed by atoms with E-state index in [0.29, 0.717) is 22.8 Å². The molecule has 2 aromatic rings. The van der Waals surface area contributed by atoms with E-state index in [4.69, 9.17) is 0 Å². The molecule has 4 bridgehead atoms. The largest absolute Gasteiger partial charge is 3.00 e. The molecule has 2 radical (unpaired) electrons. The van der Waals surface area contributed by atoms with Crippen LogP contribution in [0.5, 0.6) is 0 Å². The molecule has 2 aromatic heterocycles. The molecule has 2 aliphatic rings. The SMILES string of the molecule is CC(C(=O)[O-])N1CCN(C(C)C(=O)[O-])Cc2cccc(n2)CN(C(CNCNCC(C(=O)[O-])N2CCN(C(C)C(=O)[O-])CCN(C(C)C(=O)[O-])Cc3cccc(n3)C2)C(=O)[O-])CC1.[Gd+3].[Gd+3]. The van der Waals surface area contributed by atoms with Crippen LogP contribution in [0, 0.1) is 79.9 Å². The van der Waals surface area contributed by atoms with E-state index in [2.05, 4.69) is 20.6 Å². The number of hydrogen-bond donors (Lipinski definition) is 2. The van der Waals surface area contributed by atoms with Crippen LogP contribution in [0.2, 0.25) is 0 Å². The summed E-state index contributed by atoms with van der Waals surface area (Å²) in [6.45, 7) is 6.19. The zero-order valence-electron chi connectivity index (χ0n) is 36.7. The molecule has 65 heavy (non-hydrogen) atoms. The van der Waals surface area contributed by atoms with Crippen molar-refractivity contribution in [1.82, 2.24) is 50.0 Å². The minimum absolute atomic E-state index is 0. The zero-order valence-corrected chi connectivity index (χ0v) is 41.3. The van der Waals surface area contributed by atoms with Gasteiger partial charge in [-0.05, 0) is 52.0 Å². The molecule has 2 N–H and O–H groups in total. The summed E-state index contributed by atoms with van der Waals surface area (Å²) in [5.74, 6) is -8.21. The first-order valence-electron chi connectivity index (χ1n) is 20.9. The van der Waals surface area contributed by atoms with Crippen LogP contribution in [0.25, 0.3) is 0 Å². The number of nitrogens with zero attached hydrogens (tertiary/aromatic N) is 8. The Hall–Kier alpha value is -2.55. The number of rotatable bonds is 18. The topological polar surface area (TPSA) is 310 Å². The first-order valence-corrected chi connectivity index (χ1v) is 20.9. The number of carbonyl (C=O) groups is 6. The standard InChI is InChI=1S/C41H62N10O12.2Gd/c1-26(36(52)53)46-11-15-48(28(3)38(56)57)21-30-7-5-9-32(44-30)23-50(17-13-46)34(40(60)61)19-42-25-43-20-35(41(62)63)51-18-14-47(27(2)37(54)55)12-16-49(29(4)39(58)59)22-31-8-6-10-33(24-51)45-31;;/h5-10,26-29,34-35,42-43H,11-25H2,1-4H3,(H,52,53)(H,54,55)(H,56,57)(H,58,59)(H,60,61)(H,62,63);;/q;2*+3/p-6. The molecule has 2 aliphatic heterocycles. The monoisotopic (exact) mass is 1200 g/mol. The summed E-state index contributed by atoms with van der Waals surface area (Å²) < 4.78 is 0. The van der Waals surface area contributed by atoms with Gasteiger partial charge < -0.3 is 70.0 Å². The minimum Gasteiger partial charge on any atom is -0.548 e. The van der Waals surface area contributed by atoms with Gasteiger partial charge in [-0.3, -0.25) is 39.4 Å². The number of aromatic nitrogens is 2. The van der Waals surface area contributed by atoms with Crippen molar-refractivity contribution < 1.29 is 139 Å². The van der Waals surface area contributed by atoms with Crippen molar-refractivity contribution >= 4 is 35.8 Å². The van der Waals surface area contributed by atoms with Crippen LogP contribution >= 0.6 is 0 Å². The summed E-state index contributed by atoms with van der Waals surface area (Å²) >= 11 is 0. The number of fused-ring (bicyclic) bond motifs is 4. The third kappa shape index (κ3) is 18.1. The Labute approximate surface area is 442 Å². The number of carboxylic acids is 6. The van der Waals surface area contributed by atoms with Crippen molar-refractivity contribution in [3.63, 3.8) is 0 Å². The molecule has 0 fully saturated rings. The van der Waals surface area contributed by atoms with Gasteiger partial charge in [-0.2, -0.15) is 0 Å². The third-order valence-electron chi connectivity index (χ3n) is 11.8. The van der Waals surface area contributed by atoms with Crippen LogP contribution in [0.3, 0.4) is 0 Å². The van der Waals surface area contributed by atoms with Crippen LogP contribution in [-0.4, -0.2) is 184 Å². The van der Waals surface area contributed by atoms with Crippen molar-refractivity contribution in [2.45, 2.75) is 90.1 Å². The molecule has 0 aromatic carbocycles. The maximum absolute atomic E-state index is 12.7. The van der Waals surface area contributed by atoms with Gasteiger partial charge in [-0.1, -0.05) is 12.1 Å². The van der Waals surface area contributed by atoms with Crippen molar-refractivity contribution in [3.8, 4) is 0 Å². The normalized spacial score (nSPS) is 19.6. The molecule has 6 atom stereocenters. The molecule has 0 saturated carbocycles. The fourth-order valence-corrected chi connectivity index (χ4v) is 7.60. The van der Waals surface area contributed by atoms with Crippen LogP contribution in [0.4, 0.5) is 0 Å². The number of hydrogen-bond acceptors (Lipinski definition) is 22. The maximum atomic E-state index is 12.7. The second-order valence-electron chi connectivity index (χ2n) is 15.9. The average molecular weight is 1200 g/mol. The summed E-state index contributed by atoms with van der Waals surface area (Å²) in [6, 6.07) is 3.44. The molecule has 4 heterocycles. The second-order valence-corrected chi connectivity index (χ2v) is 15.9. The Morgan fingerprint density at radius 3 is 0.969 bits per heavy atom. The Bertz CT molecular complexity index is 1770. The summed E-state index contributed by atoms with van der Waals surface area (Å²) in [4.78, 5) is 91.8. The Morgan fingerprint density at radius 1 is 0.446 bits per heavy atom. The average Bonchev–Trinajstić information content (AvgIpc) is 3.22. The fraction of sp³-hybridized carbons (Fsp3) is 0.610. The molecule has 22 nitrogen and oxygen atoms in total. The summed E-state index contributed by atoms with van der Waals surface area (Å²) in [5.41, 5.74) is 1.95. The van der Waals surface area contributed by atoms with Gasteiger partial charge in [0.2, 0.25) is 0 Å². The van der Waals surface area contributed by atoms with Gasteiger partial charge in [0.25, 0.3) is 0 Å². The molecule has 0 spiro atoms. The molecular weight excluding hydrogens is 1140 g/mol. The quantitative estimate of drug-likeness (QED) is 0.103. The number of carbonyl (C=O) groups excluding carboxylic acids is 6. The summed E-state index contributed by atoms with van der Waals surface area (Å²) in [7, 11) is 0. The second kappa shape index (κ2) is 28.7. The van der Waals surface area contributed by atoms with Crippen molar-refractivity contribution in [1.29, 1.82) is 0 Å². The number of carboxylic acid groups (broad SMARTS) is 6. The van der Waals surface area contributed by atoms with Gasteiger partial charge in [0.05, 0.1) is 70.7 Å². The van der Waals surface area contributed by atoms with Gasteiger partial charge in [0.15, 0.2) is 0 Å². The smallest absolute Gasteiger partial charge is 0.548 e. The number of nitrogens with one attached hydrogen (secondary N) is 2. The minimum atomic E-state index is -1.44. The van der Waals surface area contributed by atoms with Crippen LogP contribution in [-0.2, 0) is 54.9 Å².